The third kappa shape index (κ3) is 3.76. The minimum absolute atomic E-state index is 0.158. The van der Waals surface area contributed by atoms with Crippen LogP contribution in [0.1, 0.15) is 45.4 Å². The number of nitrogens with two attached hydrogens (primary N) is 1. The molecule has 1 heterocycles. The second-order valence-corrected chi connectivity index (χ2v) is 6.59. The minimum Gasteiger partial charge on any atom is -0.380 e. The average molecular weight is 297 g/mol. The van der Waals surface area contributed by atoms with Gasteiger partial charge in [0.15, 0.2) is 0 Å². The van der Waals surface area contributed by atoms with Gasteiger partial charge in [-0.25, -0.2) is 0 Å². The molecule has 1 aliphatic heterocycles. The maximum Gasteiger partial charge on any atom is 0.238 e. The van der Waals surface area contributed by atoms with E-state index in [0.717, 1.165) is 64.7 Å². The van der Waals surface area contributed by atoms with E-state index in [-0.39, 0.29) is 5.91 Å². The first-order chi connectivity index (χ1) is 10.1. The molecule has 21 heavy (non-hydrogen) atoms. The molecular weight excluding hydrogens is 266 g/mol. The van der Waals surface area contributed by atoms with Crippen LogP contribution in [0.15, 0.2) is 0 Å². The van der Waals surface area contributed by atoms with E-state index in [0.29, 0.717) is 12.0 Å². The van der Waals surface area contributed by atoms with Gasteiger partial charge in [0.1, 0.15) is 5.54 Å². The molecule has 0 spiro atoms. The zero-order valence-corrected chi connectivity index (χ0v) is 13.6. The molecule has 2 rings (SSSR count). The normalized spacial score (nSPS) is 33.6. The van der Waals surface area contributed by atoms with E-state index in [2.05, 4.69) is 17.1 Å². The summed E-state index contributed by atoms with van der Waals surface area (Å²) in [7, 11) is 1.79. The number of likely N-dealkylation sites (tertiary alicyclic amines) is 1. The highest BCUT2D eigenvalue weighted by Gasteiger charge is 2.46. The molecule has 3 unspecified atom stereocenters. The highest BCUT2D eigenvalue weighted by Crippen LogP contribution is 2.38. The highest BCUT2D eigenvalue weighted by atomic mass is 16.5. The third-order valence-electron chi connectivity index (χ3n) is 5.31. The van der Waals surface area contributed by atoms with E-state index in [1.807, 2.05) is 0 Å². The number of hydrogen-bond acceptors (Lipinski definition) is 4. The number of hydrogen-bond donors (Lipinski definition) is 2. The topological polar surface area (TPSA) is 67.6 Å². The standard InChI is InChI=1S/C16H31N3O2/c1-3-9-18-16(15(17)20)8-4-5-13(16)6-10-19-11-7-14(12-19)21-2/h13-14,18H,3-12H2,1-2H3,(H2,17,20). The number of nitrogens with zero attached hydrogens (tertiary/aromatic N) is 1. The van der Waals surface area contributed by atoms with Crippen LogP contribution in [0.2, 0.25) is 0 Å². The Hall–Kier alpha value is -0.650. The van der Waals surface area contributed by atoms with Crippen molar-refractivity contribution in [3.05, 3.63) is 0 Å². The summed E-state index contributed by atoms with van der Waals surface area (Å²) in [5, 5.41) is 3.47. The number of ether oxygens (including phenoxy) is 1. The molecule has 0 aromatic carbocycles. The predicted octanol–water partition coefficient (Wildman–Crippen LogP) is 1.12. The Morgan fingerprint density at radius 3 is 2.90 bits per heavy atom. The number of rotatable bonds is 8. The van der Waals surface area contributed by atoms with Crippen molar-refractivity contribution in [2.24, 2.45) is 11.7 Å². The number of primary amides is 1. The first-order valence-electron chi connectivity index (χ1n) is 8.42. The zero-order chi connectivity index (χ0) is 15.3. The Labute approximate surface area is 128 Å². The second-order valence-electron chi connectivity index (χ2n) is 6.59. The molecule has 0 aromatic rings. The summed E-state index contributed by atoms with van der Waals surface area (Å²) < 4.78 is 5.42. The first-order valence-corrected chi connectivity index (χ1v) is 8.42. The highest BCUT2D eigenvalue weighted by molar-refractivity contribution is 5.85. The third-order valence-corrected chi connectivity index (χ3v) is 5.31. The molecule has 1 saturated carbocycles. The molecule has 1 saturated heterocycles. The van der Waals surface area contributed by atoms with E-state index in [9.17, 15) is 4.79 Å². The van der Waals surface area contributed by atoms with Gasteiger partial charge in [0, 0.05) is 20.2 Å². The molecular formula is C16H31N3O2. The Morgan fingerprint density at radius 2 is 2.29 bits per heavy atom. The van der Waals surface area contributed by atoms with Crippen LogP contribution in [0.3, 0.4) is 0 Å². The Kier molecular flexibility index (Phi) is 6.02. The Balaban J connectivity index is 1.89. The maximum atomic E-state index is 12.1. The van der Waals surface area contributed by atoms with Crippen LogP contribution in [-0.4, -0.2) is 55.7 Å². The van der Waals surface area contributed by atoms with Crippen LogP contribution in [0.25, 0.3) is 0 Å². The summed E-state index contributed by atoms with van der Waals surface area (Å²) in [5.74, 6) is 0.220. The van der Waals surface area contributed by atoms with Gasteiger partial charge in [-0.3, -0.25) is 4.79 Å². The molecule has 0 bridgehead atoms. The van der Waals surface area contributed by atoms with Gasteiger partial charge in [0.05, 0.1) is 6.10 Å². The molecule has 0 aromatic heterocycles. The van der Waals surface area contributed by atoms with Gasteiger partial charge in [0.25, 0.3) is 0 Å². The first kappa shape index (κ1) is 16.7. The smallest absolute Gasteiger partial charge is 0.238 e. The maximum absolute atomic E-state index is 12.1. The Bertz CT molecular complexity index is 350. The zero-order valence-electron chi connectivity index (χ0n) is 13.6. The van der Waals surface area contributed by atoms with Gasteiger partial charge in [-0.15, -0.1) is 0 Å². The molecule has 5 heteroatoms. The lowest BCUT2D eigenvalue weighted by atomic mass is 9.83. The summed E-state index contributed by atoms with van der Waals surface area (Å²) in [6.45, 7) is 6.18. The lowest BCUT2D eigenvalue weighted by molar-refractivity contribution is -0.126. The summed E-state index contributed by atoms with van der Waals surface area (Å²) >= 11 is 0. The van der Waals surface area contributed by atoms with Gasteiger partial charge < -0.3 is 20.7 Å². The quantitative estimate of drug-likeness (QED) is 0.704. The second kappa shape index (κ2) is 7.56. The molecule has 1 aliphatic carbocycles. The summed E-state index contributed by atoms with van der Waals surface area (Å²) in [5.41, 5.74) is 5.29. The Morgan fingerprint density at radius 1 is 1.48 bits per heavy atom. The number of amides is 1. The fourth-order valence-corrected chi connectivity index (χ4v) is 3.99. The number of carbonyl (C=O) groups is 1. The van der Waals surface area contributed by atoms with Crippen LogP contribution in [0.4, 0.5) is 0 Å². The van der Waals surface area contributed by atoms with Gasteiger partial charge in [-0.05, 0) is 51.1 Å². The molecule has 2 fully saturated rings. The molecule has 122 valence electrons. The van der Waals surface area contributed by atoms with Crippen molar-refractivity contribution in [2.75, 3.05) is 33.3 Å². The van der Waals surface area contributed by atoms with Gasteiger partial charge >= 0.3 is 0 Å². The molecule has 1 amide bonds. The molecule has 0 radical (unpaired) electrons. The summed E-state index contributed by atoms with van der Waals surface area (Å²) in [4.78, 5) is 14.5. The van der Waals surface area contributed by atoms with E-state index in [1.165, 1.54) is 0 Å². The average Bonchev–Trinajstić information content (AvgIpc) is 3.10. The lowest BCUT2D eigenvalue weighted by Gasteiger charge is -2.34. The van der Waals surface area contributed by atoms with Crippen molar-refractivity contribution in [1.29, 1.82) is 0 Å². The van der Waals surface area contributed by atoms with Crippen molar-refractivity contribution in [3.8, 4) is 0 Å². The van der Waals surface area contributed by atoms with Gasteiger partial charge in [-0.1, -0.05) is 13.3 Å². The van der Waals surface area contributed by atoms with Gasteiger partial charge in [-0.2, -0.15) is 0 Å². The molecule has 2 aliphatic rings. The number of methoxy groups -OCH3 is 1. The van der Waals surface area contributed by atoms with Crippen LogP contribution < -0.4 is 11.1 Å². The number of nitrogens with one attached hydrogen (secondary N) is 1. The van der Waals surface area contributed by atoms with E-state index in [4.69, 9.17) is 10.5 Å². The fraction of sp³-hybridized carbons (Fsp3) is 0.938. The molecule has 3 N–H and O–H groups in total. The van der Waals surface area contributed by atoms with E-state index < -0.39 is 5.54 Å². The van der Waals surface area contributed by atoms with Crippen molar-refractivity contribution < 1.29 is 9.53 Å². The van der Waals surface area contributed by atoms with Crippen molar-refractivity contribution in [2.45, 2.75) is 57.1 Å². The van der Waals surface area contributed by atoms with Crippen LogP contribution in [-0.2, 0) is 9.53 Å². The van der Waals surface area contributed by atoms with E-state index >= 15 is 0 Å². The lowest BCUT2D eigenvalue weighted by Crippen LogP contribution is -2.58. The predicted molar refractivity (Wildman–Crippen MR) is 84.0 cm³/mol. The van der Waals surface area contributed by atoms with Crippen LogP contribution in [0.5, 0.6) is 0 Å². The summed E-state index contributed by atoms with van der Waals surface area (Å²) in [6, 6.07) is 0. The SMILES string of the molecule is CCCNC1(C(N)=O)CCCC1CCN1CCC(OC)C1. The minimum atomic E-state index is -0.462. The largest absolute Gasteiger partial charge is 0.380 e. The van der Waals surface area contributed by atoms with Crippen molar-refractivity contribution in [1.82, 2.24) is 10.2 Å². The van der Waals surface area contributed by atoms with Crippen LogP contribution >= 0.6 is 0 Å². The number of carbonyl (C=O) groups excluding carboxylic acids is 1. The van der Waals surface area contributed by atoms with Crippen molar-refractivity contribution in [3.63, 3.8) is 0 Å². The van der Waals surface area contributed by atoms with Gasteiger partial charge in [0.2, 0.25) is 5.91 Å². The van der Waals surface area contributed by atoms with E-state index in [1.54, 1.807) is 7.11 Å². The molecule has 5 nitrogen and oxygen atoms in total. The summed E-state index contributed by atoms with van der Waals surface area (Å²) in [6.07, 6.45) is 6.70. The van der Waals surface area contributed by atoms with Crippen LogP contribution in [0, 0.1) is 5.92 Å². The van der Waals surface area contributed by atoms with Crippen molar-refractivity contribution >= 4 is 5.91 Å². The monoisotopic (exact) mass is 297 g/mol. The fourth-order valence-electron chi connectivity index (χ4n) is 3.99. The molecule has 3 atom stereocenters.